The van der Waals surface area contributed by atoms with E-state index in [1.165, 1.54) is 7.11 Å². The van der Waals surface area contributed by atoms with E-state index in [0.717, 1.165) is 11.1 Å². The molecule has 1 fully saturated rings. The van der Waals surface area contributed by atoms with Gasteiger partial charge in [0.25, 0.3) is 5.91 Å². The van der Waals surface area contributed by atoms with Gasteiger partial charge in [-0.2, -0.15) is 0 Å². The molecule has 3 aromatic rings. The van der Waals surface area contributed by atoms with Crippen molar-refractivity contribution in [2.75, 3.05) is 33.3 Å². The third-order valence-corrected chi connectivity index (χ3v) is 5.90. The van der Waals surface area contributed by atoms with Gasteiger partial charge in [0, 0.05) is 47.9 Å². The molecular weight excluding hydrogens is 453 g/mol. The lowest BCUT2D eigenvalue weighted by Crippen LogP contribution is -2.51. The van der Waals surface area contributed by atoms with Crippen LogP contribution in [0.1, 0.15) is 22.1 Å². The van der Waals surface area contributed by atoms with Crippen molar-refractivity contribution in [1.82, 2.24) is 15.0 Å². The van der Waals surface area contributed by atoms with Crippen molar-refractivity contribution in [2.24, 2.45) is 0 Å². The molecule has 7 nitrogen and oxygen atoms in total. The van der Waals surface area contributed by atoms with Crippen molar-refractivity contribution in [1.29, 1.82) is 0 Å². The molecule has 0 radical (unpaired) electrons. The summed E-state index contributed by atoms with van der Waals surface area (Å²) in [7, 11) is 1.37. The number of carbonyl (C=O) groups is 2. The number of esters is 1. The number of hydrogen-bond donors (Lipinski definition) is 0. The molecule has 2 aromatic carbocycles. The molecule has 1 unspecified atom stereocenters. The van der Waals surface area contributed by atoms with Crippen molar-refractivity contribution < 1.29 is 18.8 Å². The minimum atomic E-state index is -0.559. The first-order chi connectivity index (χ1) is 15.5. The van der Waals surface area contributed by atoms with Crippen molar-refractivity contribution in [3.05, 3.63) is 75.9 Å². The van der Waals surface area contributed by atoms with Crippen molar-refractivity contribution in [2.45, 2.75) is 6.04 Å². The quantitative estimate of drug-likeness (QED) is 0.513. The van der Waals surface area contributed by atoms with Crippen LogP contribution in [0.5, 0.6) is 0 Å². The number of piperazine rings is 1. The molecule has 2 heterocycles. The molecule has 0 aliphatic carbocycles. The maximum atomic E-state index is 12.9. The number of halogens is 2. The van der Waals surface area contributed by atoms with Gasteiger partial charge in [0.15, 0.2) is 11.5 Å². The zero-order chi connectivity index (χ0) is 22.7. The summed E-state index contributed by atoms with van der Waals surface area (Å²) in [6.45, 7) is 1.90. The van der Waals surface area contributed by atoms with Gasteiger partial charge >= 0.3 is 5.97 Å². The molecule has 1 aliphatic rings. The number of carbonyl (C=O) groups excluding carboxylic acids is 2. The fourth-order valence-corrected chi connectivity index (χ4v) is 4.07. The van der Waals surface area contributed by atoms with E-state index in [1.54, 1.807) is 41.3 Å². The first kappa shape index (κ1) is 22.3. The molecular formula is C23H21Cl2N3O4. The van der Waals surface area contributed by atoms with E-state index in [9.17, 15) is 9.59 Å². The van der Waals surface area contributed by atoms with Crippen LogP contribution in [-0.4, -0.2) is 60.1 Å². The van der Waals surface area contributed by atoms with E-state index in [0.29, 0.717) is 42.0 Å². The summed E-state index contributed by atoms with van der Waals surface area (Å²) in [6.07, 6.45) is 0. The highest BCUT2D eigenvalue weighted by atomic mass is 35.5. The van der Waals surface area contributed by atoms with Gasteiger partial charge in [0.2, 0.25) is 0 Å². The zero-order valence-corrected chi connectivity index (χ0v) is 18.8. The predicted molar refractivity (Wildman–Crippen MR) is 121 cm³/mol. The van der Waals surface area contributed by atoms with Crippen LogP contribution in [0.2, 0.25) is 10.0 Å². The highest BCUT2D eigenvalue weighted by Gasteiger charge is 2.33. The lowest BCUT2D eigenvalue weighted by atomic mass is 10.0. The summed E-state index contributed by atoms with van der Waals surface area (Å²) >= 11 is 12.0. The van der Waals surface area contributed by atoms with Crippen molar-refractivity contribution in [3.8, 4) is 11.3 Å². The van der Waals surface area contributed by atoms with E-state index in [2.05, 4.69) is 5.16 Å². The maximum Gasteiger partial charge on any atom is 0.327 e. The average Bonchev–Trinajstić information content (AvgIpc) is 3.31. The van der Waals surface area contributed by atoms with Crippen LogP contribution in [0.3, 0.4) is 0 Å². The highest BCUT2D eigenvalue weighted by Crippen LogP contribution is 2.27. The Labute approximate surface area is 195 Å². The summed E-state index contributed by atoms with van der Waals surface area (Å²) in [4.78, 5) is 29.1. The number of methoxy groups -OCH3 is 1. The number of hydrogen-bond acceptors (Lipinski definition) is 6. The number of benzene rings is 2. The van der Waals surface area contributed by atoms with E-state index >= 15 is 0 Å². The SMILES string of the molecule is COC(=O)C(c1ccc(Cl)cc1)N1CCN(C(=O)c2cc(-c3cccc(Cl)c3)on2)CC1. The number of rotatable bonds is 5. The summed E-state index contributed by atoms with van der Waals surface area (Å²) in [5, 5.41) is 5.11. The fraction of sp³-hybridized carbons (Fsp3) is 0.261. The largest absolute Gasteiger partial charge is 0.468 e. The summed E-state index contributed by atoms with van der Waals surface area (Å²) in [5.41, 5.74) is 1.78. The van der Waals surface area contributed by atoms with E-state index in [4.69, 9.17) is 32.5 Å². The van der Waals surface area contributed by atoms with Gasteiger partial charge in [-0.15, -0.1) is 0 Å². The molecule has 4 rings (SSSR count). The van der Waals surface area contributed by atoms with Gasteiger partial charge in [-0.05, 0) is 29.8 Å². The number of aromatic nitrogens is 1. The summed E-state index contributed by atoms with van der Waals surface area (Å²) in [5.74, 6) is -0.0967. The van der Waals surface area contributed by atoms with Crippen molar-refractivity contribution in [3.63, 3.8) is 0 Å². The molecule has 0 spiro atoms. The third kappa shape index (κ3) is 4.80. The molecule has 32 heavy (non-hydrogen) atoms. The molecule has 0 bridgehead atoms. The first-order valence-electron chi connectivity index (χ1n) is 10.1. The number of ether oxygens (including phenoxy) is 1. The molecule has 1 amide bonds. The van der Waals surface area contributed by atoms with Crippen LogP contribution in [0, 0.1) is 0 Å². The predicted octanol–water partition coefficient (Wildman–Crippen LogP) is 4.32. The third-order valence-electron chi connectivity index (χ3n) is 5.42. The standard InChI is InChI=1S/C23H21Cl2N3O4/c1-31-23(30)21(15-5-7-17(24)8-6-15)27-9-11-28(12-10-27)22(29)19-14-20(32-26-19)16-3-2-4-18(25)13-16/h2-8,13-14,21H,9-12H2,1H3. The van der Waals surface area contributed by atoms with Crippen LogP contribution in [-0.2, 0) is 9.53 Å². The minimum absolute atomic E-state index is 0.220. The van der Waals surface area contributed by atoms with Crippen LogP contribution in [0.4, 0.5) is 0 Å². The Bertz CT molecular complexity index is 1110. The smallest absolute Gasteiger partial charge is 0.327 e. The molecule has 0 saturated carbocycles. The van der Waals surface area contributed by atoms with Gasteiger partial charge in [-0.25, -0.2) is 4.79 Å². The summed E-state index contributed by atoms with van der Waals surface area (Å²) < 4.78 is 10.4. The Balaban J connectivity index is 1.44. The lowest BCUT2D eigenvalue weighted by Gasteiger charge is -2.38. The lowest BCUT2D eigenvalue weighted by molar-refractivity contribution is -0.148. The maximum absolute atomic E-state index is 12.9. The van der Waals surface area contributed by atoms with Crippen LogP contribution >= 0.6 is 23.2 Å². The van der Waals surface area contributed by atoms with Crippen LogP contribution < -0.4 is 0 Å². The Morgan fingerprint density at radius 1 is 1.00 bits per heavy atom. The fourth-order valence-electron chi connectivity index (χ4n) is 3.75. The monoisotopic (exact) mass is 473 g/mol. The number of nitrogens with zero attached hydrogens (tertiary/aromatic N) is 3. The van der Waals surface area contributed by atoms with Gasteiger partial charge in [-0.3, -0.25) is 9.69 Å². The Morgan fingerprint density at radius 2 is 1.72 bits per heavy atom. The molecule has 1 aromatic heterocycles. The molecule has 166 valence electrons. The summed E-state index contributed by atoms with van der Waals surface area (Å²) in [6, 6.07) is 15.3. The van der Waals surface area contributed by atoms with Gasteiger partial charge in [0.05, 0.1) is 7.11 Å². The Hall–Kier alpha value is -2.87. The Kier molecular flexibility index (Phi) is 6.79. The molecule has 1 atom stereocenters. The second-order valence-corrected chi connectivity index (χ2v) is 8.27. The zero-order valence-electron chi connectivity index (χ0n) is 17.3. The normalized spacial score (nSPS) is 15.4. The van der Waals surface area contributed by atoms with E-state index < -0.39 is 6.04 Å². The highest BCUT2D eigenvalue weighted by molar-refractivity contribution is 6.31. The molecule has 9 heteroatoms. The van der Waals surface area contributed by atoms with Gasteiger partial charge in [0.1, 0.15) is 6.04 Å². The van der Waals surface area contributed by atoms with Crippen LogP contribution in [0.15, 0.2) is 59.1 Å². The molecule has 1 aliphatic heterocycles. The average molecular weight is 474 g/mol. The van der Waals surface area contributed by atoms with Crippen LogP contribution in [0.25, 0.3) is 11.3 Å². The topological polar surface area (TPSA) is 75.9 Å². The second-order valence-electron chi connectivity index (χ2n) is 7.39. The molecule has 0 N–H and O–H groups in total. The van der Waals surface area contributed by atoms with Gasteiger partial charge in [-0.1, -0.05) is 52.6 Å². The van der Waals surface area contributed by atoms with E-state index in [-0.39, 0.29) is 17.6 Å². The number of amides is 1. The minimum Gasteiger partial charge on any atom is -0.468 e. The van der Waals surface area contributed by atoms with Gasteiger partial charge < -0.3 is 14.2 Å². The van der Waals surface area contributed by atoms with E-state index in [1.807, 2.05) is 23.1 Å². The Morgan fingerprint density at radius 3 is 2.38 bits per heavy atom. The van der Waals surface area contributed by atoms with Crippen molar-refractivity contribution >= 4 is 35.1 Å². The molecule has 1 saturated heterocycles. The second kappa shape index (κ2) is 9.73. The first-order valence-corrected chi connectivity index (χ1v) is 10.8.